The van der Waals surface area contributed by atoms with Gasteiger partial charge in [0.1, 0.15) is 5.56 Å². The molecule has 0 aliphatic carbocycles. The molecule has 2 aromatic heterocycles. The van der Waals surface area contributed by atoms with Gasteiger partial charge in [0, 0.05) is 44.2 Å². The lowest BCUT2D eigenvalue weighted by molar-refractivity contribution is -0.186. The number of fused-ring (bicyclic) bond motifs is 2. The van der Waals surface area contributed by atoms with Crippen LogP contribution in [0.5, 0.6) is 0 Å². The third-order valence-electron chi connectivity index (χ3n) is 6.47. The summed E-state index contributed by atoms with van der Waals surface area (Å²) in [5.41, 5.74) is 0.138. The third kappa shape index (κ3) is 5.26. The van der Waals surface area contributed by atoms with Crippen LogP contribution in [0.2, 0.25) is 5.02 Å². The van der Waals surface area contributed by atoms with Crippen molar-refractivity contribution in [1.82, 2.24) is 19.8 Å². The normalized spacial score (nSPS) is 15.7. The summed E-state index contributed by atoms with van der Waals surface area (Å²) in [6.45, 7) is 0.00328. The minimum absolute atomic E-state index is 0.0559. The van der Waals surface area contributed by atoms with Crippen LogP contribution >= 0.6 is 22.9 Å². The van der Waals surface area contributed by atoms with Gasteiger partial charge in [-0.15, -0.1) is 11.3 Å². The Morgan fingerprint density at radius 1 is 1.08 bits per heavy atom. The number of amides is 2. The lowest BCUT2D eigenvalue weighted by Crippen LogP contribution is -2.43. The monoisotopic (exact) mass is 589 g/mol. The van der Waals surface area contributed by atoms with Crippen molar-refractivity contribution in [2.75, 3.05) is 25.5 Å². The molecule has 4 heterocycles. The van der Waals surface area contributed by atoms with Crippen LogP contribution in [0.25, 0.3) is 10.6 Å². The Morgan fingerprint density at radius 2 is 1.82 bits per heavy atom. The molecule has 1 aromatic carbocycles. The predicted octanol–water partition coefficient (Wildman–Crippen LogP) is 5.70. The van der Waals surface area contributed by atoms with Crippen molar-refractivity contribution in [3.05, 3.63) is 56.5 Å². The van der Waals surface area contributed by atoms with Gasteiger partial charge < -0.3 is 15.1 Å². The van der Waals surface area contributed by atoms with E-state index in [0.717, 1.165) is 11.3 Å². The third-order valence-corrected chi connectivity index (χ3v) is 7.98. The number of hydrogen-bond donors (Lipinski definition) is 1. The van der Waals surface area contributed by atoms with E-state index in [1.807, 2.05) is 0 Å². The van der Waals surface area contributed by atoms with Gasteiger partial charge in [0.05, 0.1) is 26.8 Å². The van der Waals surface area contributed by atoms with E-state index < -0.39 is 29.5 Å². The van der Waals surface area contributed by atoms with E-state index in [0.29, 0.717) is 45.6 Å². The number of aromatic nitrogens is 2. The Bertz CT molecular complexity index is 1490. The van der Waals surface area contributed by atoms with Crippen molar-refractivity contribution >= 4 is 46.4 Å². The fraction of sp³-hybridized carbons (Fsp3) is 0.333. The molecule has 0 radical (unpaired) electrons. The molecular weight excluding hydrogens is 572 g/mol. The summed E-state index contributed by atoms with van der Waals surface area (Å²) in [4.78, 5) is 35.0. The molecule has 0 saturated heterocycles. The predicted molar refractivity (Wildman–Crippen MR) is 131 cm³/mol. The Morgan fingerprint density at radius 3 is 2.51 bits per heavy atom. The van der Waals surface area contributed by atoms with Gasteiger partial charge in [-0.2, -0.15) is 26.3 Å². The summed E-state index contributed by atoms with van der Waals surface area (Å²) in [5.74, 6) is -2.42. The topological polar surface area (TPSA) is 78.4 Å². The van der Waals surface area contributed by atoms with Crippen molar-refractivity contribution in [2.24, 2.45) is 0 Å². The summed E-state index contributed by atoms with van der Waals surface area (Å²) in [7, 11) is 1.62. The second-order valence-corrected chi connectivity index (χ2v) is 10.6. The van der Waals surface area contributed by atoms with E-state index in [2.05, 4.69) is 15.3 Å². The van der Waals surface area contributed by atoms with Gasteiger partial charge >= 0.3 is 18.3 Å². The number of nitrogens with zero attached hydrogens (tertiary/aromatic N) is 4. The standard InChI is InChI=1S/C24H18ClF6N5O2S/c1-35-4-3-17-13(20(35)37)8-18(39-17)19-14(23(26,27)28)9-32-22(34-19)33-16-7-11-2-5-36(21(38)24(29,30)31)10-12(11)6-15(16)25/h6-9H,2-5,10H2,1H3,(H,32,33,34). The number of halogens is 7. The number of benzene rings is 1. The summed E-state index contributed by atoms with van der Waals surface area (Å²) in [6.07, 6.45) is -8.49. The number of nitrogens with one attached hydrogen (secondary N) is 1. The number of hydrogen-bond acceptors (Lipinski definition) is 6. The van der Waals surface area contributed by atoms with Crippen LogP contribution in [0.3, 0.4) is 0 Å². The average molecular weight is 590 g/mol. The summed E-state index contributed by atoms with van der Waals surface area (Å²) in [6, 6.07) is 4.35. The molecule has 0 atom stereocenters. The highest BCUT2D eigenvalue weighted by Crippen LogP contribution is 2.41. The van der Waals surface area contributed by atoms with Crippen molar-refractivity contribution in [1.29, 1.82) is 0 Å². The number of likely N-dealkylation sites (N-methyl/N-ethyl adjacent to an activating group) is 1. The Kier molecular flexibility index (Phi) is 6.74. The van der Waals surface area contributed by atoms with Crippen molar-refractivity contribution in [3.63, 3.8) is 0 Å². The fourth-order valence-corrected chi connectivity index (χ4v) is 5.85. The number of carbonyl (C=O) groups excluding carboxylic acids is 2. The van der Waals surface area contributed by atoms with Gasteiger partial charge in [-0.05, 0) is 35.7 Å². The van der Waals surface area contributed by atoms with Gasteiger partial charge in [0.2, 0.25) is 5.95 Å². The smallest absolute Gasteiger partial charge is 0.341 e. The van der Waals surface area contributed by atoms with E-state index in [1.165, 1.54) is 17.0 Å². The van der Waals surface area contributed by atoms with Gasteiger partial charge in [-0.25, -0.2) is 9.97 Å². The number of rotatable bonds is 3. The van der Waals surface area contributed by atoms with Crippen LogP contribution in [0.15, 0.2) is 24.4 Å². The molecule has 1 N–H and O–H groups in total. The van der Waals surface area contributed by atoms with Gasteiger partial charge in [-0.1, -0.05) is 11.6 Å². The van der Waals surface area contributed by atoms with Crippen LogP contribution in [0.4, 0.5) is 38.0 Å². The summed E-state index contributed by atoms with van der Waals surface area (Å²) < 4.78 is 80.0. The number of alkyl halides is 6. The van der Waals surface area contributed by atoms with Gasteiger partial charge in [0.25, 0.3) is 5.91 Å². The molecule has 0 unspecified atom stereocenters. The number of thiophene rings is 1. The average Bonchev–Trinajstić information content (AvgIpc) is 3.30. The molecule has 0 fully saturated rings. The maximum absolute atomic E-state index is 13.8. The lowest BCUT2D eigenvalue weighted by atomic mass is 9.99. The zero-order chi connectivity index (χ0) is 28.3. The molecule has 7 nitrogen and oxygen atoms in total. The van der Waals surface area contributed by atoms with Crippen LogP contribution in [0.1, 0.15) is 31.9 Å². The highest BCUT2D eigenvalue weighted by atomic mass is 35.5. The van der Waals surface area contributed by atoms with E-state index in [4.69, 9.17) is 11.6 Å². The second-order valence-electron chi connectivity index (χ2n) is 9.08. The van der Waals surface area contributed by atoms with Crippen LogP contribution < -0.4 is 5.32 Å². The highest BCUT2D eigenvalue weighted by molar-refractivity contribution is 7.15. The molecule has 5 rings (SSSR count). The minimum atomic E-state index is -4.99. The summed E-state index contributed by atoms with van der Waals surface area (Å²) in [5, 5.41) is 2.85. The first-order valence-electron chi connectivity index (χ1n) is 11.5. The Hall–Kier alpha value is -3.39. The first kappa shape index (κ1) is 27.2. The fourth-order valence-electron chi connectivity index (χ4n) is 4.47. The van der Waals surface area contributed by atoms with E-state index in [9.17, 15) is 35.9 Å². The first-order chi connectivity index (χ1) is 18.2. The minimum Gasteiger partial charge on any atom is -0.341 e. The lowest BCUT2D eigenvalue weighted by Gasteiger charge is -2.30. The molecule has 2 aliphatic rings. The first-order valence-corrected chi connectivity index (χ1v) is 12.7. The van der Waals surface area contributed by atoms with Crippen molar-refractivity contribution in [3.8, 4) is 10.6 Å². The molecule has 0 spiro atoms. The second kappa shape index (κ2) is 9.66. The SMILES string of the molecule is CN1CCc2sc(-c3nc(Nc4cc5c(cc4Cl)CN(C(=O)C(F)(F)F)CC5)ncc3C(F)(F)F)cc2C1=O. The molecule has 3 aromatic rings. The molecule has 206 valence electrons. The summed E-state index contributed by atoms with van der Waals surface area (Å²) >= 11 is 7.39. The largest absolute Gasteiger partial charge is 0.471 e. The Labute approximate surface area is 226 Å². The number of anilines is 2. The van der Waals surface area contributed by atoms with Crippen LogP contribution in [-0.4, -0.2) is 57.9 Å². The maximum Gasteiger partial charge on any atom is 0.471 e. The van der Waals surface area contributed by atoms with Crippen LogP contribution in [-0.2, 0) is 30.4 Å². The van der Waals surface area contributed by atoms with E-state index in [-0.39, 0.29) is 47.0 Å². The van der Waals surface area contributed by atoms with Gasteiger partial charge in [-0.3, -0.25) is 9.59 Å². The van der Waals surface area contributed by atoms with Gasteiger partial charge in [0.15, 0.2) is 0 Å². The maximum atomic E-state index is 13.8. The molecule has 0 bridgehead atoms. The zero-order valence-corrected chi connectivity index (χ0v) is 21.6. The molecule has 2 amide bonds. The molecule has 2 aliphatic heterocycles. The highest BCUT2D eigenvalue weighted by Gasteiger charge is 2.43. The van der Waals surface area contributed by atoms with Crippen molar-refractivity contribution < 1.29 is 35.9 Å². The molecule has 39 heavy (non-hydrogen) atoms. The van der Waals surface area contributed by atoms with E-state index >= 15 is 0 Å². The quantitative estimate of drug-likeness (QED) is 0.397. The molecular formula is C24H18ClF6N5O2S. The Balaban J connectivity index is 1.46. The van der Waals surface area contributed by atoms with E-state index in [1.54, 1.807) is 13.1 Å². The molecule has 15 heteroatoms. The number of carbonyl (C=O) groups is 2. The van der Waals surface area contributed by atoms with Crippen molar-refractivity contribution in [2.45, 2.75) is 31.7 Å². The zero-order valence-electron chi connectivity index (χ0n) is 20.0. The van der Waals surface area contributed by atoms with Crippen LogP contribution in [0, 0.1) is 0 Å². The molecule has 0 saturated carbocycles.